The Bertz CT molecular complexity index is 1400. The fourth-order valence-electron chi connectivity index (χ4n) is 3.57. The molecule has 8 nitrogen and oxygen atoms in total. The van der Waals surface area contributed by atoms with Gasteiger partial charge < -0.3 is 14.6 Å². The Morgan fingerprint density at radius 2 is 1.85 bits per heavy atom. The SMILES string of the molecule is CC(=O)c1ccccc1NC(=O)COC(=O)c1cc(-c2cc(C)sc2C)nc2onc(C)c12. The van der Waals surface area contributed by atoms with Crippen LogP contribution in [0.5, 0.6) is 0 Å². The number of hydrogen-bond donors (Lipinski definition) is 1. The van der Waals surface area contributed by atoms with Crippen LogP contribution in [0.25, 0.3) is 22.4 Å². The molecule has 0 unspecified atom stereocenters. The Morgan fingerprint density at radius 1 is 1.09 bits per heavy atom. The number of esters is 1. The third-order valence-electron chi connectivity index (χ3n) is 5.07. The molecule has 0 saturated heterocycles. The molecule has 0 spiro atoms. The molecule has 9 heteroatoms. The predicted molar refractivity (Wildman–Crippen MR) is 125 cm³/mol. The van der Waals surface area contributed by atoms with Gasteiger partial charge in [0.25, 0.3) is 11.6 Å². The smallest absolute Gasteiger partial charge is 0.339 e. The number of carbonyl (C=O) groups excluding carboxylic acids is 3. The topological polar surface area (TPSA) is 111 Å². The zero-order valence-electron chi connectivity index (χ0n) is 18.5. The molecule has 0 fully saturated rings. The third-order valence-corrected chi connectivity index (χ3v) is 6.03. The summed E-state index contributed by atoms with van der Waals surface area (Å²) >= 11 is 1.63. The number of Topliss-reactive ketones (excluding diaryl/α,β-unsaturated/α-hetero) is 1. The monoisotopic (exact) mass is 463 g/mol. The minimum Gasteiger partial charge on any atom is -0.452 e. The summed E-state index contributed by atoms with van der Waals surface area (Å²) in [5.41, 5.74) is 3.12. The highest BCUT2D eigenvalue weighted by Gasteiger charge is 2.22. The molecule has 4 rings (SSSR count). The number of amides is 1. The maximum Gasteiger partial charge on any atom is 0.339 e. The maximum atomic E-state index is 13.0. The van der Waals surface area contributed by atoms with Crippen molar-refractivity contribution in [1.82, 2.24) is 10.1 Å². The zero-order valence-corrected chi connectivity index (χ0v) is 19.3. The van der Waals surface area contributed by atoms with E-state index in [1.807, 2.05) is 19.9 Å². The van der Waals surface area contributed by atoms with Crippen LogP contribution in [-0.4, -0.2) is 34.4 Å². The van der Waals surface area contributed by atoms with E-state index in [2.05, 4.69) is 15.5 Å². The van der Waals surface area contributed by atoms with E-state index >= 15 is 0 Å². The van der Waals surface area contributed by atoms with Crippen molar-refractivity contribution >= 4 is 45.8 Å². The summed E-state index contributed by atoms with van der Waals surface area (Å²) in [5, 5.41) is 6.98. The van der Waals surface area contributed by atoms with Gasteiger partial charge in [0.1, 0.15) is 0 Å². The number of benzene rings is 1. The number of thiophene rings is 1. The molecule has 0 radical (unpaired) electrons. The lowest BCUT2D eigenvalue weighted by Crippen LogP contribution is -2.22. The molecular formula is C24H21N3O5S. The van der Waals surface area contributed by atoms with Crippen LogP contribution in [0.3, 0.4) is 0 Å². The van der Waals surface area contributed by atoms with Gasteiger partial charge in [-0.1, -0.05) is 17.3 Å². The molecule has 0 aliphatic rings. The summed E-state index contributed by atoms with van der Waals surface area (Å²) in [6.07, 6.45) is 0. The van der Waals surface area contributed by atoms with Crippen LogP contribution in [0.1, 0.15) is 43.1 Å². The summed E-state index contributed by atoms with van der Waals surface area (Å²) < 4.78 is 10.6. The maximum absolute atomic E-state index is 13.0. The number of aromatic nitrogens is 2. The van der Waals surface area contributed by atoms with Gasteiger partial charge in [-0.2, -0.15) is 0 Å². The first kappa shape index (κ1) is 22.3. The molecule has 0 saturated carbocycles. The van der Waals surface area contributed by atoms with Crippen LogP contribution in [0.2, 0.25) is 0 Å². The van der Waals surface area contributed by atoms with Gasteiger partial charge in [-0.15, -0.1) is 11.3 Å². The highest BCUT2D eigenvalue weighted by Crippen LogP contribution is 2.33. The molecule has 0 aliphatic heterocycles. The van der Waals surface area contributed by atoms with Crippen molar-refractivity contribution in [2.24, 2.45) is 0 Å². The zero-order chi connectivity index (χ0) is 23.7. The molecule has 1 N–H and O–H groups in total. The fraction of sp³-hybridized carbons (Fsp3) is 0.208. The molecule has 0 bridgehead atoms. The number of hydrogen-bond acceptors (Lipinski definition) is 8. The number of anilines is 1. The van der Waals surface area contributed by atoms with Gasteiger partial charge in [0, 0.05) is 20.9 Å². The van der Waals surface area contributed by atoms with Gasteiger partial charge in [-0.3, -0.25) is 9.59 Å². The van der Waals surface area contributed by atoms with Crippen molar-refractivity contribution in [1.29, 1.82) is 0 Å². The summed E-state index contributed by atoms with van der Waals surface area (Å²) in [6.45, 7) is 6.57. The summed E-state index contributed by atoms with van der Waals surface area (Å²) in [7, 11) is 0. The first-order valence-electron chi connectivity index (χ1n) is 10.2. The molecule has 3 aromatic heterocycles. The molecule has 1 aromatic carbocycles. The van der Waals surface area contributed by atoms with Crippen LogP contribution in [0.15, 0.2) is 40.9 Å². The second-order valence-electron chi connectivity index (χ2n) is 7.56. The average molecular weight is 464 g/mol. The summed E-state index contributed by atoms with van der Waals surface area (Å²) in [4.78, 5) is 43.8. The lowest BCUT2D eigenvalue weighted by Gasteiger charge is -2.10. The fourth-order valence-corrected chi connectivity index (χ4v) is 4.51. The number of carbonyl (C=O) groups is 3. The van der Waals surface area contributed by atoms with E-state index in [0.29, 0.717) is 28.0 Å². The average Bonchev–Trinajstić information content (AvgIpc) is 3.32. The van der Waals surface area contributed by atoms with Crippen LogP contribution in [0, 0.1) is 20.8 Å². The number of rotatable bonds is 6. The van der Waals surface area contributed by atoms with Crippen molar-refractivity contribution in [2.75, 3.05) is 11.9 Å². The number of nitrogens with zero attached hydrogens (tertiary/aromatic N) is 2. The Morgan fingerprint density at radius 3 is 2.55 bits per heavy atom. The molecule has 0 aliphatic carbocycles. The lowest BCUT2D eigenvalue weighted by molar-refractivity contribution is -0.119. The number of aryl methyl sites for hydroxylation is 3. The first-order valence-corrected chi connectivity index (χ1v) is 11.0. The Kier molecular flexibility index (Phi) is 6.06. The molecular weight excluding hydrogens is 442 g/mol. The molecule has 168 valence electrons. The van der Waals surface area contributed by atoms with Crippen molar-refractivity contribution in [3.63, 3.8) is 0 Å². The third kappa shape index (κ3) is 4.54. The van der Waals surface area contributed by atoms with E-state index < -0.39 is 18.5 Å². The first-order chi connectivity index (χ1) is 15.7. The van der Waals surface area contributed by atoms with Gasteiger partial charge in [0.2, 0.25) is 0 Å². The molecule has 4 aromatic rings. The number of pyridine rings is 1. The Labute approximate surface area is 193 Å². The van der Waals surface area contributed by atoms with Crippen LogP contribution in [-0.2, 0) is 9.53 Å². The van der Waals surface area contributed by atoms with Gasteiger partial charge in [0.05, 0.1) is 28.0 Å². The normalized spacial score (nSPS) is 10.9. The van der Waals surface area contributed by atoms with Crippen molar-refractivity contribution < 1.29 is 23.6 Å². The molecule has 3 heterocycles. The van der Waals surface area contributed by atoms with Gasteiger partial charge in [0.15, 0.2) is 12.4 Å². The van der Waals surface area contributed by atoms with Crippen molar-refractivity contribution in [2.45, 2.75) is 27.7 Å². The largest absolute Gasteiger partial charge is 0.452 e. The van der Waals surface area contributed by atoms with E-state index in [1.165, 1.54) is 6.92 Å². The van der Waals surface area contributed by atoms with Gasteiger partial charge >= 0.3 is 5.97 Å². The van der Waals surface area contributed by atoms with Crippen LogP contribution in [0.4, 0.5) is 5.69 Å². The highest BCUT2D eigenvalue weighted by molar-refractivity contribution is 7.12. The summed E-state index contributed by atoms with van der Waals surface area (Å²) in [6, 6.07) is 10.3. The van der Waals surface area contributed by atoms with Crippen molar-refractivity contribution in [3.05, 3.63) is 63.0 Å². The van der Waals surface area contributed by atoms with Crippen LogP contribution >= 0.6 is 11.3 Å². The van der Waals surface area contributed by atoms with Crippen molar-refractivity contribution in [3.8, 4) is 11.3 Å². The quantitative estimate of drug-likeness (QED) is 0.321. The second kappa shape index (κ2) is 8.95. The van der Waals surface area contributed by atoms with Gasteiger partial charge in [-0.25, -0.2) is 9.78 Å². The number of ether oxygens (including phenoxy) is 1. The predicted octanol–water partition coefficient (Wildman–Crippen LogP) is 4.87. The minimum absolute atomic E-state index is 0.184. The number of fused-ring (bicyclic) bond motifs is 1. The molecule has 1 amide bonds. The van der Waals surface area contributed by atoms with Gasteiger partial charge in [-0.05, 0) is 52.0 Å². The van der Waals surface area contributed by atoms with E-state index in [4.69, 9.17) is 9.26 Å². The van der Waals surface area contributed by atoms with E-state index in [9.17, 15) is 14.4 Å². The lowest BCUT2D eigenvalue weighted by atomic mass is 10.1. The molecule has 0 atom stereocenters. The minimum atomic E-state index is -0.699. The Balaban J connectivity index is 1.58. The van der Waals surface area contributed by atoms with E-state index in [-0.39, 0.29) is 17.1 Å². The number of para-hydroxylation sites is 1. The standard InChI is InChI=1S/C24H21N3O5S/c1-12-9-17(15(4)33-12)20-10-18(22-13(2)27-32-23(22)26-20)24(30)31-11-21(29)25-19-8-6-5-7-16(19)14(3)28/h5-10H,11H2,1-4H3,(H,25,29). The number of ketones is 1. The van der Waals surface area contributed by atoms with E-state index in [1.54, 1.807) is 48.6 Å². The number of nitrogens with one attached hydrogen (secondary N) is 1. The van der Waals surface area contributed by atoms with Crippen LogP contribution < -0.4 is 5.32 Å². The Hall–Kier alpha value is -3.85. The summed E-state index contributed by atoms with van der Waals surface area (Å²) in [5.74, 6) is -1.44. The molecule has 33 heavy (non-hydrogen) atoms. The highest BCUT2D eigenvalue weighted by atomic mass is 32.1. The second-order valence-corrected chi connectivity index (χ2v) is 9.02. The van der Waals surface area contributed by atoms with E-state index in [0.717, 1.165) is 15.3 Å².